The Morgan fingerprint density at radius 3 is 2.20 bits per heavy atom. The van der Waals surface area contributed by atoms with E-state index in [0.717, 1.165) is 21.2 Å². The molecule has 0 N–H and O–H groups in total. The van der Waals surface area contributed by atoms with Crippen molar-refractivity contribution in [2.24, 2.45) is 11.8 Å². The molecule has 3 amide bonds. The van der Waals surface area contributed by atoms with E-state index in [1.165, 1.54) is 36.4 Å². The van der Waals surface area contributed by atoms with Gasteiger partial charge in [0.05, 0.1) is 28.0 Å². The third-order valence-corrected chi connectivity index (χ3v) is 7.68. The number of hydrazine groups is 1. The summed E-state index contributed by atoms with van der Waals surface area (Å²) in [5.74, 6) is -3.79. The normalized spacial score (nSPS) is 18.0. The molecule has 8 nitrogen and oxygen atoms in total. The molecule has 0 unspecified atom stereocenters. The average Bonchev–Trinajstić information content (AvgIpc) is 3.20. The van der Waals surface area contributed by atoms with Gasteiger partial charge in [-0.2, -0.15) is 5.01 Å². The molecule has 0 radical (unpaired) electrons. The first kappa shape index (κ1) is 28.0. The zero-order valence-electron chi connectivity index (χ0n) is 22.5. The molecule has 0 saturated carbocycles. The Morgan fingerprint density at radius 2 is 1.51 bits per heavy atom. The Kier molecular flexibility index (Phi) is 7.85. The highest BCUT2D eigenvalue weighted by molar-refractivity contribution is 6.34. The molecular formula is C32H27ClN2O6. The fraction of sp³-hybridized carbons (Fsp3) is 0.219. The zero-order chi connectivity index (χ0) is 29.3. The Bertz CT molecular complexity index is 1580. The summed E-state index contributed by atoms with van der Waals surface area (Å²) in [5, 5.41) is 1.85. The van der Waals surface area contributed by atoms with E-state index >= 15 is 0 Å². The van der Waals surface area contributed by atoms with Crippen LogP contribution >= 0.6 is 11.6 Å². The topological polar surface area (TPSA) is 101 Å². The van der Waals surface area contributed by atoms with Crippen molar-refractivity contribution >= 4 is 41.1 Å². The largest absolute Gasteiger partial charge is 0.423 e. The maximum atomic E-state index is 13.7. The number of imide groups is 1. The number of esters is 1. The lowest BCUT2D eigenvalue weighted by atomic mass is 9.82. The van der Waals surface area contributed by atoms with Crippen LogP contribution in [0.15, 0.2) is 84.4 Å². The second-order valence-electron chi connectivity index (χ2n) is 10.2. The zero-order valence-corrected chi connectivity index (χ0v) is 23.3. The first-order valence-corrected chi connectivity index (χ1v) is 13.5. The molecule has 2 atom stereocenters. The molecule has 1 fully saturated rings. The van der Waals surface area contributed by atoms with Crippen molar-refractivity contribution in [3.8, 4) is 5.75 Å². The molecule has 2 aliphatic rings. The van der Waals surface area contributed by atoms with Gasteiger partial charge in [0.25, 0.3) is 17.7 Å². The summed E-state index contributed by atoms with van der Waals surface area (Å²) in [6.45, 7) is 3.24. The summed E-state index contributed by atoms with van der Waals surface area (Å²) in [5.41, 5.74) is 2.65. The number of amides is 3. The van der Waals surface area contributed by atoms with Gasteiger partial charge in [0.2, 0.25) is 0 Å². The predicted octanol–water partition coefficient (Wildman–Crippen LogP) is 5.45. The van der Waals surface area contributed by atoms with Crippen molar-refractivity contribution in [2.45, 2.75) is 26.7 Å². The molecule has 3 aromatic rings. The summed E-state index contributed by atoms with van der Waals surface area (Å²) in [6.07, 6.45) is 2.73. The summed E-state index contributed by atoms with van der Waals surface area (Å²) in [6, 6.07) is 19.0. The maximum Gasteiger partial charge on any atom is 0.343 e. The summed E-state index contributed by atoms with van der Waals surface area (Å²) in [4.78, 5) is 66.4. The number of allylic oxidation sites excluding steroid dienone is 2. The van der Waals surface area contributed by atoms with Crippen LogP contribution in [0.2, 0.25) is 5.02 Å². The maximum absolute atomic E-state index is 13.7. The van der Waals surface area contributed by atoms with Crippen molar-refractivity contribution < 1.29 is 28.7 Å². The number of nitrogens with zero attached hydrogens (tertiary/aromatic N) is 2. The van der Waals surface area contributed by atoms with Gasteiger partial charge in [-0.05, 0) is 75.2 Å². The van der Waals surface area contributed by atoms with E-state index in [-0.39, 0.29) is 21.9 Å². The van der Waals surface area contributed by atoms with Gasteiger partial charge >= 0.3 is 5.97 Å². The second-order valence-corrected chi connectivity index (χ2v) is 10.6. The third kappa shape index (κ3) is 5.69. The van der Waals surface area contributed by atoms with Crippen LogP contribution < -0.4 is 4.74 Å². The van der Waals surface area contributed by atoms with Crippen LogP contribution in [0, 0.1) is 18.8 Å². The number of aryl methyl sites for hydroxylation is 1. The van der Waals surface area contributed by atoms with E-state index in [2.05, 4.69) is 0 Å². The second kappa shape index (κ2) is 11.5. The van der Waals surface area contributed by atoms with Crippen LogP contribution in [0.5, 0.6) is 5.75 Å². The number of halogens is 1. The van der Waals surface area contributed by atoms with E-state index < -0.39 is 47.9 Å². The highest BCUT2D eigenvalue weighted by Crippen LogP contribution is 2.39. The molecule has 1 aliphatic heterocycles. The first-order chi connectivity index (χ1) is 19.6. The number of ketones is 1. The van der Waals surface area contributed by atoms with E-state index in [1.807, 2.05) is 19.9 Å². The highest BCUT2D eigenvalue weighted by atomic mass is 35.5. The van der Waals surface area contributed by atoms with Gasteiger partial charge in [0, 0.05) is 5.56 Å². The van der Waals surface area contributed by atoms with Crippen LogP contribution in [0.4, 0.5) is 0 Å². The molecule has 0 bridgehead atoms. The molecule has 0 spiro atoms. The van der Waals surface area contributed by atoms with Crippen LogP contribution in [0.1, 0.15) is 56.4 Å². The number of fused-ring (bicyclic) bond motifs is 1. The smallest absolute Gasteiger partial charge is 0.343 e. The van der Waals surface area contributed by atoms with E-state index in [9.17, 15) is 24.0 Å². The van der Waals surface area contributed by atoms with Crippen molar-refractivity contribution in [3.63, 3.8) is 0 Å². The lowest BCUT2D eigenvalue weighted by molar-refractivity contribution is -0.154. The molecule has 1 saturated heterocycles. The Hall–Kier alpha value is -4.56. The fourth-order valence-corrected chi connectivity index (χ4v) is 5.27. The molecule has 3 aromatic carbocycles. The predicted molar refractivity (Wildman–Crippen MR) is 151 cm³/mol. The van der Waals surface area contributed by atoms with E-state index in [4.69, 9.17) is 16.3 Å². The number of ether oxygens (including phenoxy) is 1. The minimum atomic E-state index is -0.738. The van der Waals surface area contributed by atoms with Gasteiger partial charge < -0.3 is 4.74 Å². The van der Waals surface area contributed by atoms with Crippen LogP contribution in [0.3, 0.4) is 0 Å². The fourth-order valence-electron chi connectivity index (χ4n) is 5.06. The summed E-state index contributed by atoms with van der Waals surface area (Å²) >= 11 is 6.28. The third-order valence-electron chi connectivity index (χ3n) is 7.35. The molecule has 41 heavy (non-hydrogen) atoms. The number of carbonyl (C=O) groups is 5. The molecule has 5 rings (SSSR count). The Balaban J connectivity index is 1.38. The van der Waals surface area contributed by atoms with Gasteiger partial charge in [-0.3, -0.25) is 19.2 Å². The van der Waals surface area contributed by atoms with Crippen LogP contribution in [0.25, 0.3) is 0 Å². The van der Waals surface area contributed by atoms with Crippen LogP contribution in [-0.2, 0) is 9.59 Å². The van der Waals surface area contributed by atoms with Gasteiger partial charge in [-0.1, -0.05) is 53.1 Å². The monoisotopic (exact) mass is 570 g/mol. The first-order valence-electron chi connectivity index (χ1n) is 13.2. The van der Waals surface area contributed by atoms with Crippen molar-refractivity contribution in [3.05, 3.63) is 112 Å². The number of hydrogen-bond donors (Lipinski definition) is 0. The Morgan fingerprint density at radius 1 is 0.878 bits per heavy atom. The van der Waals surface area contributed by atoms with Crippen LogP contribution in [-0.4, -0.2) is 46.0 Å². The van der Waals surface area contributed by atoms with Gasteiger partial charge in [0.15, 0.2) is 5.78 Å². The minimum absolute atomic E-state index is 0.0603. The van der Waals surface area contributed by atoms with Crippen molar-refractivity contribution in [1.29, 1.82) is 0 Å². The standard InChI is InChI=1S/C32H27ClN2O6/c1-19-7-10-22(11-8-19)32(40)41-23-14-12-21(13-15-23)28(36)18-34(29(37)25-5-3-4-6-27(25)33)35-30(38)24-16-9-20(2)17-26(24)31(35)39/h3-15,24,26H,16-18H2,1-2H3/t24-,26-/m1/s1. The summed E-state index contributed by atoms with van der Waals surface area (Å²) in [7, 11) is 0. The molecule has 9 heteroatoms. The van der Waals surface area contributed by atoms with Gasteiger partial charge in [0.1, 0.15) is 12.3 Å². The number of benzene rings is 3. The van der Waals surface area contributed by atoms with E-state index in [1.54, 1.807) is 36.4 Å². The van der Waals surface area contributed by atoms with Crippen molar-refractivity contribution in [2.75, 3.05) is 6.54 Å². The summed E-state index contributed by atoms with van der Waals surface area (Å²) < 4.78 is 5.41. The highest BCUT2D eigenvalue weighted by Gasteiger charge is 2.51. The minimum Gasteiger partial charge on any atom is -0.423 e. The average molecular weight is 571 g/mol. The lowest BCUT2D eigenvalue weighted by Crippen LogP contribution is -2.52. The van der Waals surface area contributed by atoms with Crippen molar-refractivity contribution in [1.82, 2.24) is 10.0 Å². The van der Waals surface area contributed by atoms with Gasteiger partial charge in [-0.25, -0.2) is 9.80 Å². The SMILES string of the molecule is CC1=CC[C@H]2C(=O)N(N(CC(=O)c3ccc(OC(=O)c4ccc(C)cc4)cc3)C(=O)c3ccccc3Cl)C(=O)[C@@H]2C1. The van der Waals surface area contributed by atoms with Gasteiger partial charge in [-0.15, -0.1) is 0 Å². The lowest BCUT2D eigenvalue weighted by Gasteiger charge is -2.30. The molecule has 208 valence electrons. The molecular weight excluding hydrogens is 544 g/mol. The number of Topliss-reactive ketones (excluding diaryl/α,β-unsaturated/α-hetero) is 1. The molecule has 1 aliphatic carbocycles. The molecule has 1 heterocycles. The number of hydrogen-bond acceptors (Lipinski definition) is 6. The number of carbonyl (C=O) groups excluding carboxylic acids is 5. The number of rotatable bonds is 7. The van der Waals surface area contributed by atoms with E-state index in [0.29, 0.717) is 18.4 Å². The Labute approximate surface area is 242 Å². The quantitative estimate of drug-likeness (QED) is 0.123. The molecule has 0 aromatic heterocycles.